The molecule has 1 unspecified atom stereocenters. The Hall–Kier alpha value is -1.49. The summed E-state index contributed by atoms with van der Waals surface area (Å²) in [6.45, 7) is 9.33. The maximum atomic E-state index is 13.4. The second-order valence-corrected chi connectivity index (χ2v) is 10.2. The van der Waals surface area contributed by atoms with Gasteiger partial charge < -0.3 is 9.80 Å². The maximum Gasteiger partial charge on any atom is 0.246 e. The summed E-state index contributed by atoms with van der Waals surface area (Å²) in [7, 11) is 0. The minimum Gasteiger partial charge on any atom is -0.335 e. The van der Waals surface area contributed by atoms with E-state index in [1.807, 2.05) is 9.80 Å². The van der Waals surface area contributed by atoms with Gasteiger partial charge in [-0.1, -0.05) is 29.8 Å². The molecule has 3 aliphatic heterocycles. The summed E-state index contributed by atoms with van der Waals surface area (Å²) in [5.41, 5.74) is 2.32. The fourth-order valence-electron chi connectivity index (χ4n) is 5.04. The summed E-state index contributed by atoms with van der Waals surface area (Å²) < 4.78 is 0. The van der Waals surface area contributed by atoms with Crippen LogP contribution in [0.5, 0.6) is 0 Å². The molecule has 0 aromatic heterocycles. The van der Waals surface area contributed by atoms with E-state index in [0.717, 1.165) is 25.1 Å². The van der Waals surface area contributed by atoms with E-state index in [1.54, 1.807) is 11.8 Å². The third kappa shape index (κ3) is 2.58. The van der Waals surface area contributed by atoms with Gasteiger partial charge in [-0.3, -0.25) is 9.59 Å². The third-order valence-corrected chi connectivity index (χ3v) is 8.17. The molecule has 26 heavy (non-hydrogen) atoms. The molecular weight excluding hydrogens is 344 g/mol. The van der Waals surface area contributed by atoms with Crippen LogP contribution < -0.4 is 0 Å². The van der Waals surface area contributed by atoms with E-state index in [1.165, 1.54) is 11.1 Å². The van der Waals surface area contributed by atoms with Crippen molar-refractivity contribution in [1.82, 2.24) is 9.80 Å². The number of carbonyl (C=O) groups excluding carboxylic acids is 2. The lowest BCUT2D eigenvalue weighted by Gasteiger charge is -2.39. The van der Waals surface area contributed by atoms with Gasteiger partial charge in [-0.2, -0.15) is 0 Å². The van der Waals surface area contributed by atoms with E-state index >= 15 is 0 Å². The molecule has 0 saturated carbocycles. The van der Waals surface area contributed by atoms with Gasteiger partial charge in [0.2, 0.25) is 11.8 Å². The predicted octanol–water partition coefficient (Wildman–Crippen LogP) is 3.54. The number of hydrogen-bond donors (Lipinski definition) is 0. The van der Waals surface area contributed by atoms with Crippen LogP contribution in [0, 0.1) is 6.92 Å². The fraction of sp³-hybridized carbons (Fsp3) is 0.619. The number of carbonyl (C=O) groups is 2. The summed E-state index contributed by atoms with van der Waals surface area (Å²) in [6, 6.07) is 8.40. The molecule has 0 radical (unpaired) electrons. The highest BCUT2D eigenvalue weighted by Gasteiger charge is 2.56. The van der Waals surface area contributed by atoms with E-state index in [0.29, 0.717) is 12.3 Å². The monoisotopic (exact) mass is 372 g/mol. The SMILES string of the molecule is Cc1ccc(C2CCN(C(=O)[C@@H]3CS[C@@]4(C)CCC(=O)N34)C2(C)C)cc1. The Morgan fingerprint density at radius 3 is 2.58 bits per heavy atom. The quantitative estimate of drug-likeness (QED) is 0.797. The van der Waals surface area contributed by atoms with Crippen molar-refractivity contribution in [3.05, 3.63) is 35.4 Å². The van der Waals surface area contributed by atoms with Crippen LogP contribution in [0.3, 0.4) is 0 Å². The number of amides is 2. The van der Waals surface area contributed by atoms with Crippen molar-refractivity contribution in [1.29, 1.82) is 0 Å². The zero-order chi connectivity index (χ0) is 18.7. The third-order valence-electron chi connectivity index (χ3n) is 6.67. The molecule has 3 heterocycles. The molecule has 1 aromatic carbocycles. The minimum absolute atomic E-state index is 0.135. The molecule has 3 saturated heterocycles. The van der Waals surface area contributed by atoms with Crippen molar-refractivity contribution in [2.75, 3.05) is 12.3 Å². The molecule has 0 N–H and O–H groups in total. The van der Waals surface area contributed by atoms with Crippen molar-refractivity contribution < 1.29 is 9.59 Å². The normalized spacial score (nSPS) is 33.0. The van der Waals surface area contributed by atoms with Gasteiger partial charge in [0, 0.05) is 30.2 Å². The van der Waals surface area contributed by atoms with Crippen LogP contribution in [0.2, 0.25) is 0 Å². The number of thioether (sulfide) groups is 1. The Kier molecular flexibility index (Phi) is 4.14. The zero-order valence-corrected chi connectivity index (χ0v) is 16.9. The molecule has 0 spiro atoms. The number of likely N-dealkylation sites (tertiary alicyclic amines) is 1. The fourth-order valence-corrected chi connectivity index (χ4v) is 6.46. The van der Waals surface area contributed by atoms with Crippen LogP contribution in [-0.2, 0) is 9.59 Å². The minimum atomic E-state index is -0.295. The highest BCUT2D eigenvalue weighted by atomic mass is 32.2. The predicted molar refractivity (Wildman–Crippen MR) is 105 cm³/mol. The van der Waals surface area contributed by atoms with Crippen LogP contribution in [-0.4, -0.2) is 50.4 Å². The van der Waals surface area contributed by atoms with E-state index in [4.69, 9.17) is 0 Å². The van der Waals surface area contributed by atoms with Gasteiger partial charge >= 0.3 is 0 Å². The maximum absolute atomic E-state index is 13.4. The highest BCUT2D eigenvalue weighted by molar-refractivity contribution is 8.01. The number of nitrogens with zero attached hydrogens (tertiary/aromatic N) is 2. The van der Waals surface area contributed by atoms with Crippen LogP contribution in [0.1, 0.15) is 57.1 Å². The lowest BCUT2D eigenvalue weighted by molar-refractivity contribution is -0.146. The molecule has 140 valence electrons. The average molecular weight is 373 g/mol. The molecule has 4 rings (SSSR count). The zero-order valence-electron chi connectivity index (χ0n) is 16.1. The molecule has 0 bridgehead atoms. The van der Waals surface area contributed by atoms with E-state index in [2.05, 4.69) is 52.0 Å². The first-order valence-corrected chi connectivity index (χ1v) is 10.6. The summed E-state index contributed by atoms with van der Waals surface area (Å²) in [5, 5.41) is 0. The van der Waals surface area contributed by atoms with Crippen molar-refractivity contribution in [3.63, 3.8) is 0 Å². The first kappa shape index (κ1) is 17.9. The van der Waals surface area contributed by atoms with Gasteiger partial charge in [-0.15, -0.1) is 11.8 Å². The van der Waals surface area contributed by atoms with Crippen LogP contribution in [0.15, 0.2) is 24.3 Å². The van der Waals surface area contributed by atoms with Gasteiger partial charge in [-0.25, -0.2) is 0 Å². The van der Waals surface area contributed by atoms with Crippen LogP contribution >= 0.6 is 11.8 Å². The number of benzene rings is 1. The highest BCUT2D eigenvalue weighted by Crippen LogP contribution is 2.49. The second-order valence-electron chi connectivity index (χ2n) is 8.66. The Balaban J connectivity index is 1.57. The van der Waals surface area contributed by atoms with Crippen molar-refractivity contribution in [2.45, 2.75) is 69.3 Å². The van der Waals surface area contributed by atoms with Crippen molar-refractivity contribution >= 4 is 23.6 Å². The summed E-state index contributed by atoms with van der Waals surface area (Å²) >= 11 is 1.77. The van der Waals surface area contributed by atoms with Crippen molar-refractivity contribution in [3.8, 4) is 0 Å². The number of fused-ring (bicyclic) bond motifs is 1. The Morgan fingerprint density at radius 2 is 1.88 bits per heavy atom. The number of rotatable bonds is 2. The molecular formula is C21H28N2O2S. The van der Waals surface area contributed by atoms with Gasteiger partial charge in [-0.05, 0) is 46.1 Å². The van der Waals surface area contributed by atoms with Gasteiger partial charge in [0.1, 0.15) is 6.04 Å². The molecule has 0 aliphatic carbocycles. The summed E-state index contributed by atoms with van der Waals surface area (Å²) in [6.07, 6.45) is 2.41. The molecule has 4 nitrogen and oxygen atoms in total. The van der Waals surface area contributed by atoms with Crippen LogP contribution in [0.25, 0.3) is 0 Å². The topological polar surface area (TPSA) is 40.6 Å². The van der Waals surface area contributed by atoms with Gasteiger partial charge in [0.15, 0.2) is 0 Å². The second kappa shape index (κ2) is 6.01. The Morgan fingerprint density at radius 1 is 1.19 bits per heavy atom. The molecule has 3 atom stereocenters. The van der Waals surface area contributed by atoms with Gasteiger partial charge in [0.25, 0.3) is 0 Å². The first-order chi connectivity index (χ1) is 12.2. The van der Waals surface area contributed by atoms with Crippen molar-refractivity contribution in [2.24, 2.45) is 0 Å². The molecule has 2 amide bonds. The standard InChI is InChI=1S/C21H28N2O2S/c1-14-5-7-15(8-6-14)16-10-12-22(20(16,2)3)19(25)17-13-26-21(4)11-9-18(24)23(17)21/h5-8,16-17H,9-13H2,1-4H3/t16?,17-,21-/m0/s1. The molecule has 3 aliphatic rings. The molecule has 5 heteroatoms. The number of hydrogen-bond acceptors (Lipinski definition) is 3. The van der Waals surface area contributed by atoms with Gasteiger partial charge in [0.05, 0.1) is 4.87 Å². The molecule has 1 aromatic rings. The Labute approximate surface area is 160 Å². The first-order valence-electron chi connectivity index (χ1n) is 9.58. The summed E-state index contributed by atoms with van der Waals surface area (Å²) in [5.74, 6) is 1.34. The number of aryl methyl sites for hydroxylation is 1. The Bertz CT molecular complexity index is 745. The average Bonchev–Trinajstić information content (AvgIpc) is 3.19. The lowest BCUT2D eigenvalue weighted by atomic mass is 9.82. The van der Waals surface area contributed by atoms with E-state index in [-0.39, 0.29) is 28.3 Å². The lowest BCUT2D eigenvalue weighted by Crippen LogP contribution is -2.55. The largest absolute Gasteiger partial charge is 0.335 e. The summed E-state index contributed by atoms with van der Waals surface area (Å²) in [4.78, 5) is 29.6. The molecule has 3 fully saturated rings. The van der Waals surface area contributed by atoms with E-state index in [9.17, 15) is 9.59 Å². The smallest absolute Gasteiger partial charge is 0.246 e. The van der Waals surface area contributed by atoms with Crippen LogP contribution in [0.4, 0.5) is 0 Å². The van der Waals surface area contributed by atoms with E-state index < -0.39 is 0 Å².